The van der Waals surface area contributed by atoms with Crippen LogP contribution in [0.5, 0.6) is 0 Å². The molecule has 5 nitrogen and oxygen atoms in total. The summed E-state index contributed by atoms with van der Waals surface area (Å²) in [4.78, 5) is 8.35. The molecule has 1 fully saturated rings. The van der Waals surface area contributed by atoms with E-state index in [9.17, 15) is 0 Å². The average Bonchev–Trinajstić information content (AvgIpc) is 2.55. The number of anilines is 1. The van der Waals surface area contributed by atoms with Gasteiger partial charge in [-0.3, -0.25) is 0 Å². The van der Waals surface area contributed by atoms with Crippen LogP contribution in [0.15, 0.2) is 12.3 Å². The summed E-state index contributed by atoms with van der Waals surface area (Å²) < 4.78 is 0. The molecule has 0 aliphatic carbocycles. The molecule has 0 saturated carbocycles. The van der Waals surface area contributed by atoms with Crippen LogP contribution in [0.4, 0.5) is 5.82 Å². The van der Waals surface area contributed by atoms with Gasteiger partial charge in [0.25, 0.3) is 0 Å². The molecule has 1 aromatic rings. The molecule has 0 bridgehead atoms. The predicted octanol–water partition coefficient (Wildman–Crippen LogP) is 0.290. The lowest BCUT2D eigenvalue weighted by atomic mass is 10.1. The van der Waals surface area contributed by atoms with E-state index in [1.165, 1.54) is 19.3 Å². The van der Waals surface area contributed by atoms with E-state index in [0.29, 0.717) is 18.4 Å². The number of nitrogen functional groups attached to an aromatic ring is 1. The lowest BCUT2D eigenvalue weighted by Crippen LogP contribution is -2.30. The van der Waals surface area contributed by atoms with Crippen LogP contribution in [0, 0.1) is 0 Å². The van der Waals surface area contributed by atoms with Gasteiger partial charge in [0.1, 0.15) is 11.6 Å². The third-order valence-electron chi connectivity index (χ3n) is 2.85. The van der Waals surface area contributed by atoms with E-state index in [4.69, 9.17) is 5.73 Å². The first-order valence-corrected chi connectivity index (χ1v) is 5.86. The van der Waals surface area contributed by atoms with Crippen molar-refractivity contribution in [1.29, 1.82) is 0 Å². The van der Waals surface area contributed by atoms with Crippen molar-refractivity contribution in [2.75, 3.05) is 18.8 Å². The number of nitrogens with one attached hydrogen (secondary N) is 2. The minimum absolute atomic E-state index is 0.536. The first-order chi connectivity index (χ1) is 7.84. The van der Waals surface area contributed by atoms with E-state index < -0.39 is 0 Å². The Morgan fingerprint density at radius 3 is 3.25 bits per heavy atom. The molecule has 0 amide bonds. The molecular formula is C11H19N5. The molecule has 1 saturated heterocycles. The van der Waals surface area contributed by atoms with Crippen molar-refractivity contribution in [2.24, 2.45) is 0 Å². The van der Waals surface area contributed by atoms with Gasteiger partial charge < -0.3 is 16.4 Å². The van der Waals surface area contributed by atoms with Crippen LogP contribution in [0.2, 0.25) is 0 Å². The molecule has 1 unspecified atom stereocenters. The molecule has 0 aromatic carbocycles. The number of aromatic nitrogens is 2. The molecular weight excluding hydrogens is 202 g/mol. The maximum atomic E-state index is 5.60. The average molecular weight is 221 g/mol. The molecule has 0 radical (unpaired) electrons. The number of nitrogens with zero attached hydrogens (tertiary/aromatic N) is 2. The minimum Gasteiger partial charge on any atom is -0.384 e. The smallest absolute Gasteiger partial charge is 0.144 e. The van der Waals surface area contributed by atoms with Crippen molar-refractivity contribution < 1.29 is 0 Å². The molecule has 2 rings (SSSR count). The highest BCUT2D eigenvalue weighted by molar-refractivity contribution is 5.24. The van der Waals surface area contributed by atoms with Crippen LogP contribution in [0.3, 0.4) is 0 Å². The van der Waals surface area contributed by atoms with Crippen molar-refractivity contribution in [1.82, 2.24) is 20.6 Å². The third-order valence-corrected chi connectivity index (χ3v) is 2.85. The normalized spacial score (nSPS) is 21.6. The fourth-order valence-corrected chi connectivity index (χ4v) is 1.96. The fraction of sp³-hybridized carbons (Fsp3) is 0.636. The zero-order valence-electron chi connectivity index (χ0n) is 9.45. The van der Waals surface area contributed by atoms with E-state index in [-0.39, 0.29) is 0 Å². The highest BCUT2D eigenvalue weighted by Gasteiger charge is 2.11. The van der Waals surface area contributed by atoms with Crippen LogP contribution in [-0.2, 0) is 6.54 Å². The van der Waals surface area contributed by atoms with E-state index in [1.54, 1.807) is 12.3 Å². The van der Waals surface area contributed by atoms with Gasteiger partial charge in [0, 0.05) is 12.2 Å². The van der Waals surface area contributed by atoms with Crippen molar-refractivity contribution in [3.8, 4) is 0 Å². The first-order valence-electron chi connectivity index (χ1n) is 5.86. The summed E-state index contributed by atoms with van der Waals surface area (Å²) in [5, 5.41) is 6.88. The topological polar surface area (TPSA) is 75.9 Å². The zero-order valence-corrected chi connectivity index (χ0v) is 9.45. The highest BCUT2D eigenvalue weighted by atomic mass is 15.0. The van der Waals surface area contributed by atoms with Crippen LogP contribution in [0.25, 0.3) is 0 Å². The second-order valence-electron chi connectivity index (χ2n) is 4.16. The Hall–Kier alpha value is -1.20. The van der Waals surface area contributed by atoms with Crippen LogP contribution in [-0.4, -0.2) is 29.1 Å². The summed E-state index contributed by atoms with van der Waals surface area (Å²) >= 11 is 0. The molecule has 16 heavy (non-hydrogen) atoms. The van der Waals surface area contributed by atoms with Crippen LogP contribution < -0.4 is 16.4 Å². The Bertz CT molecular complexity index is 320. The zero-order chi connectivity index (χ0) is 11.2. The Kier molecular flexibility index (Phi) is 4.07. The SMILES string of the molecule is Nc1ccnc(CNC2CCCNCC2)n1. The van der Waals surface area contributed by atoms with Gasteiger partial charge in [-0.1, -0.05) is 0 Å². The van der Waals surface area contributed by atoms with Crippen molar-refractivity contribution in [2.45, 2.75) is 31.8 Å². The highest BCUT2D eigenvalue weighted by Crippen LogP contribution is 2.05. The molecule has 1 aromatic heterocycles. The number of nitrogens with two attached hydrogens (primary N) is 1. The Morgan fingerprint density at radius 2 is 2.38 bits per heavy atom. The standard InChI is InChI=1S/C11H19N5/c12-10-4-7-14-11(16-10)8-15-9-2-1-5-13-6-3-9/h4,7,9,13,15H,1-3,5-6,8H2,(H2,12,14,16). The van der Waals surface area contributed by atoms with E-state index in [2.05, 4.69) is 20.6 Å². The van der Waals surface area contributed by atoms with Gasteiger partial charge in [-0.15, -0.1) is 0 Å². The molecule has 88 valence electrons. The van der Waals surface area contributed by atoms with Crippen molar-refractivity contribution in [3.05, 3.63) is 18.1 Å². The lowest BCUT2D eigenvalue weighted by Gasteiger charge is -2.14. The molecule has 2 heterocycles. The molecule has 1 aliphatic rings. The quantitative estimate of drug-likeness (QED) is 0.684. The van der Waals surface area contributed by atoms with E-state index >= 15 is 0 Å². The summed E-state index contributed by atoms with van der Waals surface area (Å²) in [7, 11) is 0. The van der Waals surface area contributed by atoms with E-state index in [1.807, 2.05) is 0 Å². The molecule has 5 heteroatoms. The van der Waals surface area contributed by atoms with Crippen molar-refractivity contribution >= 4 is 5.82 Å². The molecule has 1 atom stereocenters. The monoisotopic (exact) mass is 221 g/mol. The molecule has 1 aliphatic heterocycles. The number of rotatable bonds is 3. The van der Waals surface area contributed by atoms with Gasteiger partial charge in [0.15, 0.2) is 0 Å². The molecule has 0 spiro atoms. The summed E-state index contributed by atoms with van der Waals surface area (Å²) in [6.07, 6.45) is 5.32. The van der Waals surface area contributed by atoms with Gasteiger partial charge in [-0.2, -0.15) is 0 Å². The third kappa shape index (κ3) is 3.43. The minimum atomic E-state index is 0.536. The number of hydrogen-bond acceptors (Lipinski definition) is 5. The van der Waals surface area contributed by atoms with Crippen LogP contribution in [0.1, 0.15) is 25.1 Å². The largest absolute Gasteiger partial charge is 0.384 e. The van der Waals surface area contributed by atoms with Gasteiger partial charge in [0.05, 0.1) is 6.54 Å². The Balaban J connectivity index is 1.81. The molecule has 4 N–H and O–H groups in total. The van der Waals surface area contributed by atoms with Gasteiger partial charge in [-0.05, 0) is 38.4 Å². The number of hydrogen-bond donors (Lipinski definition) is 3. The van der Waals surface area contributed by atoms with Crippen molar-refractivity contribution in [3.63, 3.8) is 0 Å². The second-order valence-corrected chi connectivity index (χ2v) is 4.16. The Labute approximate surface area is 95.9 Å². The second kappa shape index (κ2) is 5.77. The Morgan fingerprint density at radius 1 is 1.44 bits per heavy atom. The predicted molar refractivity (Wildman–Crippen MR) is 63.8 cm³/mol. The van der Waals surface area contributed by atoms with Crippen LogP contribution >= 0.6 is 0 Å². The fourth-order valence-electron chi connectivity index (χ4n) is 1.96. The summed E-state index contributed by atoms with van der Waals surface area (Å²) in [6.45, 7) is 2.93. The lowest BCUT2D eigenvalue weighted by molar-refractivity contribution is 0.461. The summed E-state index contributed by atoms with van der Waals surface area (Å²) in [5.41, 5.74) is 5.60. The van der Waals surface area contributed by atoms with Gasteiger partial charge in [-0.25, -0.2) is 9.97 Å². The maximum absolute atomic E-state index is 5.60. The first kappa shape index (κ1) is 11.3. The van der Waals surface area contributed by atoms with Gasteiger partial charge >= 0.3 is 0 Å². The summed E-state index contributed by atoms with van der Waals surface area (Å²) in [6, 6.07) is 2.28. The summed E-state index contributed by atoms with van der Waals surface area (Å²) in [5.74, 6) is 1.31. The maximum Gasteiger partial charge on any atom is 0.144 e. The van der Waals surface area contributed by atoms with Gasteiger partial charge in [0.2, 0.25) is 0 Å². The van der Waals surface area contributed by atoms with E-state index in [0.717, 1.165) is 18.9 Å².